The van der Waals surface area contributed by atoms with E-state index >= 15 is 0 Å². The molecule has 0 saturated heterocycles. The van der Waals surface area contributed by atoms with E-state index in [1.54, 1.807) is 0 Å². The molecule has 1 nitrogen and oxygen atoms in total. The van der Waals surface area contributed by atoms with Crippen LogP contribution in [0.25, 0.3) is 22.5 Å². The average molecular weight is 340 g/mol. The molecule has 1 aliphatic heterocycles. The van der Waals surface area contributed by atoms with Gasteiger partial charge in [-0.25, -0.2) is 0 Å². The molecule has 1 aliphatic rings. The van der Waals surface area contributed by atoms with Crippen LogP contribution in [0.5, 0.6) is 0 Å². The largest absolute Gasteiger partial charge is 0.218 e. The number of aryl methyl sites for hydroxylation is 1. The van der Waals surface area contributed by atoms with Gasteiger partial charge in [-0.2, -0.15) is 4.57 Å². The minimum Gasteiger partial charge on any atom is -0.164 e. The average Bonchev–Trinajstić information content (AvgIpc) is 2.63. The molecule has 0 fully saturated rings. The van der Waals surface area contributed by atoms with E-state index in [4.69, 9.17) is 0 Å². The van der Waals surface area contributed by atoms with Gasteiger partial charge < -0.3 is 0 Å². The highest BCUT2D eigenvalue weighted by atomic mass is 15.0. The fourth-order valence-electron chi connectivity index (χ4n) is 3.75. The van der Waals surface area contributed by atoms with Crippen molar-refractivity contribution >= 4 is 11.3 Å². The Kier molecular flexibility index (Phi) is 4.90. The maximum absolute atomic E-state index is 4.27. The molecule has 2 aromatic rings. The summed E-state index contributed by atoms with van der Waals surface area (Å²) in [4.78, 5) is 0. The zero-order valence-electron chi connectivity index (χ0n) is 16.0. The Bertz CT molecular complexity index is 983. The molecule has 3 rings (SSSR count). The minimum atomic E-state index is 0.858. The van der Waals surface area contributed by atoms with Gasteiger partial charge in [0.1, 0.15) is 0 Å². The maximum Gasteiger partial charge on any atom is 0.218 e. The summed E-state index contributed by atoms with van der Waals surface area (Å²) < 4.78 is 2.19. The maximum atomic E-state index is 4.27. The summed E-state index contributed by atoms with van der Waals surface area (Å²) in [6, 6.07) is 10.9. The molecule has 0 bridgehead atoms. The first-order valence-corrected chi connectivity index (χ1v) is 8.96. The van der Waals surface area contributed by atoms with Crippen LogP contribution in [-0.4, -0.2) is 0 Å². The number of hydrogen-bond acceptors (Lipinski definition) is 0. The molecule has 1 aromatic carbocycles. The summed E-state index contributed by atoms with van der Waals surface area (Å²) in [6.07, 6.45) is 8.89. The molecule has 0 atom stereocenters. The van der Waals surface area contributed by atoms with Crippen molar-refractivity contribution < 1.29 is 4.57 Å². The lowest BCUT2D eigenvalue weighted by Gasteiger charge is -2.19. The second kappa shape index (κ2) is 7.13. The van der Waals surface area contributed by atoms with Crippen molar-refractivity contribution in [2.45, 2.75) is 27.2 Å². The third kappa shape index (κ3) is 3.01. The van der Waals surface area contributed by atoms with Gasteiger partial charge in [0.2, 0.25) is 5.69 Å². The van der Waals surface area contributed by atoms with Gasteiger partial charge in [-0.15, -0.1) is 0 Å². The highest BCUT2D eigenvalue weighted by Gasteiger charge is 2.26. The number of rotatable bonds is 4. The minimum absolute atomic E-state index is 0.858. The van der Waals surface area contributed by atoms with Gasteiger partial charge in [0.25, 0.3) is 0 Å². The lowest BCUT2D eigenvalue weighted by atomic mass is 9.87. The van der Waals surface area contributed by atoms with E-state index < -0.39 is 0 Å². The lowest BCUT2D eigenvalue weighted by Crippen LogP contribution is -2.37. The van der Waals surface area contributed by atoms with Crippen molar-refractivity contribution in [1.82, 2.24) is 0 Å². The highest BCUT2D eigenvalue weighted by Crippen LogP contribution is 2.34. The highest BCUT2D eigenvalue weighted by molar-refractivity contribution is 5.80. The van der Waals surface area contributed by atoms with Gasteiger partial charge in [-0.05, 0) is 79.0 Å². The third-order valence-electron chi connectivity index (χ3n) is 5.05. The van der Waals surface area contributed by atoms with E-state index in [0.29, 0.717) is 0 Å². The van der Waals surface area contributed by atoms with Crippen molar-refractivity contribution in [3.05, 3.63) is 102 Å². The second-order valence-corrected chi connectivity index (χ2v) is 6.79. The summed E-state index contributed by atoms with van der Waals surface area (Å²) in [5.74, 6) is 0. The first-order chi connectivity index (χ1) is 12.5. The van der Waals surface area contributed by atoms with Gasteiger partial charge in [0.15, 0.2) is 11.9 Å². The standard InChI is InChI=1S/C25H26N/c1-7-11-17(3)22(8-2)20(6)23-16-21-15-19(5)26-13-10-9-12-25(26)24(21)14-18(23)4/h7-14,16H,2-3,5,15H2,1,4,6H3/q+1/b11-7-,22-20?. The topological polar surface area (TPSA) is 3.88 Å². The van der Waals surface area contributed by atoms with E-state index in [-0.39, 0.29) is 0 Å². The van der Waals surface area contributed by atoms with Crippen molar-refractivity contribution in [2.24, 2.45) is 0 Å². The molecule has 0 spiro atoms. The number of benzene rings is 1. The molecule has 26 heavy (non-hydrogen) atoms. The normalized spacial score (nSPS) is 13.9. The summed E-state index contributed by atoms with van der Waals surface area (Å²) in [5.41, 5.74) is 10.7. The fourth-order valence-corrected chi connectivity index (χ4v) is 3.75. The van der Waals surface area contributed by atoms with Crippen molar-refractivity contribution in [3.63, 3.8) is 0 Å². The van der Waals surface area contributed by atoms with Crippen molar-refractivity contribution in [2.75, 3.05) is 0 Å². The van der Waals surface area contributed by atoms with Crippen molar-refractivity contribution in [1.29, 1.82) is 0 Å². The van der Waals surface area contributed by atoms with Crippen molar-refractivity contribution in [3.8, 4) is 11.3 Å². The first kappa shape index (κ1) is 17.9. The molecule has 0 unspecified atom stereocenters. The number of allylic oxidation sites excluding steroid dienone is 7. The van der Waals surface area contributed by atoms with E-state index in [2.05, 4.69) is 74.7 Å². The lowest BCUT2D eigenvalue weighted by molar-refractivity contribution is -0.572. The quantitative estimate of drug-likeness (QED) is 0.470. The summed E-state index contributed by atoms with van der Waals surface area (Å²) in [7, 11) is 0. The molecule has 0 N–H and O–H groups in total. The van der Waals surface area contributed by atoms with Crippen LogP contribution in [0.3, 0.4) is 0 Å². The summed E-state index contributed by atoms with van der Waals surface area (Å²) in [6.45, 7) is 18.8. The molecular formula is C25H26N+. The number of hydrogen-bond donors (Lipinski definition) is 0. The number of fused-ring (bicyclic) bond motifs is 3. The Morgan fingerprint density at radius 3 is 2.69 bits per heavy atom. The first-order valence-electron chi connectivity index (χ1n) is 8.96. The Hall–Kier alpha value is -2.93. The number of aromatic nitrogens is 1. The van der Waals surface area contributed by atoms with Crippen LogP contribution in [0, 0.1) is 6.92 Å². The molecule has 0 saturated carbocycles. The second-order valence-electron chi connectivity index (χ2n) is 6.79. The molecule has 130 valence electrons. The number of pyridine rings is 1. The monoisotopic (exact) mass is 340 g/mol. The van der Waals surface area contributed by atoms with Crippen LogP contribution >= 0.6 is 0 Å². The van der Waals surface area contributed by atoms with Crippen LogP contribution in [0.15, 0.2) is 85.6 Å². The van der Waals surface area contributed by atoms with Crippen LogP contribution in [-0.2, 0) is 6.42 Å². The zero-order valence-corrected chi connectivity index (χ0v) is 16.0. The van der Waals surface area contributed by atoms with Crippen LogP contribution in [0.2, 0.25) is 0 Å². The van der Waals surface area contributed by atoms with E-state index in [9.17, 15) is 0 Å². The van der Waals surface area contributed by atoms with Gasteiger partial charge in [-0.1, -0.05) is 31.4 Å². The molecule has 2 heterocycles. The van der Waals surface area contributed by atoms with Gasteiger partial charge in [0, 0.05) is 12.1 Å². The summed E-state index contributed by atoms with van der Waals surface area (Å²) >= 11 is 0. The Balaban J connectivity index is 2.20. The molecule has 0 amide bonds. The van der Waals surface area contributed by atoms with Gasteiger partial charge in [0.05, 0.1) is 12.0 Å². The smallest absolute Gasteiger partial charge is 0.164 e. The van der Waals surface area contributed by atoms with Crippen LogP contribution < -0.4 is 4.57 Å². The Morgan fingerprint density at radius 2 is 2.00 bits per heavy atom. The van der Waals surface area contributed by atoms with Crippen LogP contribution in [0.4, 0.5) is 0 Å². The SMILES string of the molecule is C=CC(C(=C)/C=C\C)=C(C)c1cc2c(cc1C)-c1cccc[n+]1C(=C)C2. The van der Waals surface area contributed by atoms with E-state index in [0.717, 1.165) is 23.3 Å². The molecule has 1 heteroatoms. The molecule has 0 aliphatic carbocycles. The van der Waals surface area contributed by atoms with Crippen LogP contribution in [0.1, 0.15) is 30.5 Å². The molecular weight excluding hydrogens is 314 g/mol. The van der Waals surface area contributed by atoms with E-state index in [1.165, 1.54) is 33.5 Å². The number of nitrogens with zero attached hydrogens (tertiary/aromatic N) is 1. The Labute approximate surface area is 157 Å². The predicted octanol–water partition coefficient (Wildman–Crippen LogP) is 6.07. The fraction of sp³-hybridized carbons (Fsp3) is 0.160. The Morgan fingerprint density at radius 1 is 1.23 bits per heavy atom. The predicted molar refractivity (Wildman–Crippen MR) is 113 cm³/mol. The van der Waals surface area contributed by atoms with E-state index in [1.807, 2.05) is 25.2 Å². The molecule has 0 radical (unpaired) electrons. The third-order valence-corrected chi connectivity index (χ3v) is 5.05. The van der Waals surface area contributed by atoms with Gasteiger partial charge >= 0.3 is 0 Å². The zero-order chi connectivity index (χ0) is 18.8. The summed E-state index contributed by atoms with van der Waals surface area (Å²) in [5, 5.41) is 0. The van der Waals surface area contributed by atoms with Gasteiger partial charge in [-0.3, -0.25) is 0 Å². The molecule has 1 aromatic heterocycles.